The Hall–Kier alpha value is -4.89. The Balaban J connectivity index is 1.43. The predicted octanol–water partition coefficient (Wildman–Crippen LogP) is 6.45. The topological polar surface area (TPSA) is 118 Å². The second kappa shape index (κ2) is 10.00. The van der Waals surface area contributed by atoms with Crippen molar-refractivity contribution < 1.29 is 19.2 Å². The van der Waals surface area contributed by atoms with Gasteiger partial charge in [0, 0.05) is 40.1 Å². The Morgan fingerprint density at radius 3 is 2.57 bits per heavy atom. The third kappa shape index (κ3) is 5.07. The smallest absolute Gasteiger partial charge is 0.270 e. The van der Waals surface area contributed by atoms with Crippen LogP contribution < -0.4 is 5.32 Å². The first-order chi connectivity index (χ1) is 17.9. The second-order valence-electron chi connectivity index (χ2n) is 8.24. The molecule has 2 N–H and O–H groups in total. The summed E-state index contributed by atoms with van der Waals surface area (Å²) in [7, 11) is 0. The van der Waals surface area contributed by atoms with Crippen LogP contribution >= 0.6 is 12.2 Å². The van der Waals surface area contributed by atoms with Crippen molar-refractivity contribution in [2.75, 3.05) is 5.32 Å². The van der Waals surface area contributed by atoms with Gasteiger partial charge in [-0.2, -0.15) is 0 Å². The van der Waals surface area contributed by atoms with E-state index < -0.39 is 4.92 Å². The Kier molecular flexibility index (Phi) is 6.44. The molecule has 0 radical (unpaired) electrons. The predicted molar refractivity (Wildman–Crippen MR) is 144 cm³/mol. The zero-order valence-electron chi connectivity index (χ0n) is 19.3. The van der Waals surface area contributed by atoms with Gasteiger partial charge in [-0.15, -0.1) is 0 Å². The molecule has 37 heavy (non-hydrogen) atoms. The second-order valence-corrected chi connectivity index (χ2v) is 8.76. The third-order valence-corrected chi connectivity index (χ3v) is 6.07. The number of nitrogens with one attached hydrogen (secondary N) is 1. The average Bonchev–Trinajstić information content (AvgIpc) is 3.37. The number of nitro benzene ring substituents is 1. The molecule has 1 aliphatic carbocycles. The number of amides is 1. The van der Waals surface area contributed by atoms with Crippen LogP contribution in [0.25, 0.3) is 22.3 Å². The highest BCUT2D eigenvalue weighted by Crippen LogP contribution is 2.40. The van der Waals surface area contributed by atoms with E-state index in [1.165, 1.54) is 18.3 Å². The van der Waals surface area contributed by atoms with Gasteiger partial charge in [0.15, 0.2) is 0 Å². The molecule has 182 valence electrons. The molecule has 0 spiro atoms. The van der Waals surface area contributed by atoms with Crippen molar-refractivity contribution in [2.45, 2.75) is 6.42 Å². The maximum absolute atomic E-state index is 12.5. The molecular weight excluding hydrogens is 490 g/mol. The maximum atomic E-state index is 12.5. The van der Waals surface area contributed by atoms with Crippen LogP contribution in [0, 0.1) is 10.1 Å². The zero-order valence-corrected chi connectivity index (χ0v) is 20.1. The van der Waals surface area contributed by atoms with Gasteiger partial charge in [-0.05, 0) is 41.0 Å². The van der Waals surface area contributed by atoms with Crippen molar-refractivity contribution >= 4 is 45.7 Å². The summed E-state index contributed by atoms with van der Waals surface area (Å²) in [6.07, 6.45) is 5.56. The fourth-order valence-corrected chi connectivity index (χ4v) is 4.20. The van der Waals surface area contributed by atoms with Gasteiger partial charge in [0.2, 0.25) is 11.8 Å². The van der Waals surface area contributed by atoms with Crippen molar-refractivity contribution in [3.05, 3.63) is 118 Å². The molecule has 1 heterocycles. The van der Waals surface area contributed by atoms with Crippen molar-refractivity contribution in [3.63, 3.8) is 0 Å². The molecular formula is C28H19N3O5S. The van der Waals surface area contributed by atoms with Crippen molar-refractivity contribution in [1.82, 2.24) is 4.98 Å². The number of hydrogen-bond acceptors (Lipinski definition) is 7. The van der Waals surface area contributed by atoms with Crippen LogP contribution in [-0.2, 0) is 0 Å². The first-order valence-corrected chi connectivity index (χ1v) is 11.7. The number of anilines is 1. The van der Waals surface area contributed by atoms with Gasteiger partial charge in [0.05, 0.1) is 11.1 Å². The lowest BCUT2D eigenvalue weighted by molar-refractivity contribution is -0.384. The largest absolute Gasteiger partial charge is 0.507 e. The molecule has 0 unspecified atom stereocenters. The first-order valence-electron chi connectivity index (χ1n) is 11.2. The molecule has 3 aromatic carbocycles. The van der Waals surface area contributed by atoms with E-state index in [0.29, 0.717) is 44.7 Å². The molecule has 4 aromatic rings. The van der Waals surface area contributed by atoms with E-state index in [0.717, 1.165) is 0 Å². The fraction of sp³-hybridized carbons (Fsp3) is 0.0357. The number of aromatic nitrogens is 1. The molecule has 0 aliphatic heterocycles. The lowest BCUT2D eigenvalue weighted by atomic mass is 9.90. The minimum atomic E-state index is -0.463. The van der Waals surface area contributed by atoms with Crippen molar-refractivity contribution in [1.29, 1.82) is 0 Å². The summed E-state index contributed by atoms with van der Waals surface area (Å²) in [6.45, 7) is 0. The zero-order chi connectivity index (χ0) is 25.9. The summed E-state index contributed by atoms with van der Waals surface area (Å²) in [4.78, 5) is 28.1. The monoisotopic (exact) mass is 509 g/mol. The fourth-order valence-electron chi connectivity index (χ4n) is 4.00. The van der Waals surface area contributed by atoms with Crippen LogP contribution in [0.4, 0.5) is 11.6 Å². The number of thiocarbonyl (C=S) groups is 1. The highest BCUT2D eigenvalue weighted by Gasteiger charge is 2.22. The van der Waals surface area contributed by atoms with Gasteiger partial charge in [-0.3, -0.25) is 20.2 Å². The SMILES string of the molecule is O=C(Nc1cnc(C2=CCC(=S)C=C2c2ccc(-c3cccc([N+](=O)[O-])c3)cc2O)o1)c1ccccc1. The van der Waals surface area contributed by atoms with Gasteiger partial charge < -0.3 is 9.52 Å². The molecule has 1 amide bonds. The van der Waals surface area contributed by atoms with Crippen LogP contribution in [0.3, 0.4) is 0 Å². The molecule has 0 bridgehead atoms. The van der Waals surface area contributed by atoms with Gasteiger partial charge in [-0.25, -0.2) is 4.98 Å². The first kappa shape index (κ1) is 23.8. The van der Waals surface area contributed by atoms with Crippen LogP contribution in [0.2, 0.25) is 0 Å². The number of carbonyl (C=O) groups excluding carboxylic acids is 1. The molecule has 0 saturated carbocycles. The minimum Gasteiger partial charge on any atom is -0.507 e. The summed E-state index contributed by atoms with van der Waals surface area (Å²) < 4.78 is 5.83. The molecule has 9 heteroatoms. The van der Waals surface area contributed by atoms with E-state index >= 15 is 0 Å². The number of rotatable bonds is 6. The Morgan fingerprint density at radius 2 is 1.81 bits per heavy atom. The number of allylic oxidation sites excluding steroid dienone is 4. The summed E-state index contributed by atoms with van der Waals surface area (Å²) in [5, 5.41) is 24.8. The summed E-state index contributed by atoms with van der Waals surface area (Å²) >= 11 is 5.41. The average molecular weight is 510 g/mol. The van der Waals surface area contributed by atoms with Gasteiger partial charge >= 0.3 is 0 Å². The van der Waals surface area contributed by atoms with Crippen LogP contribution in [0.5, 0.6) is 5.75 Å². The third-order valence-electron chi connectivity index (χ3n) is 5.79. The van der Waals surface area contributed by atoms with Crippen molar-refractivity contribution in [2.24, 2.45) is 0 Å². The van der Waals surface area contributed by atoms with Gasteiger partial charge in [0.25, 0.3) is 11.6 Å². The number of phenols is 1. The number of carbonyl (C=O) groups is 1. The summed E-state index contributed by atoms with van der Waals surface area (Å²) in [5.74, 6) is 0.0871. The lowest BCUT2D eigenvalue weighted by Crippen LogP contribution is -2.10. The highest BCUT2D eigenvalue weighted by molar-refractivity contribution is 7.80. The minimum absolute atomic E-state index is 0.0324. The number of phenolic OH excluding ortho intramolecular Hbond substituents is 1. The number of hydrogen-bond donors (Lipinski definition) is 2. The van der Waals surface area contributed by atoms with E-state index in [1.807, 2.05) is 12.1 Å². The van der Waals surface area contributed by atoms with E-state index in [-0.39, 0.29) is 29.1 Å². The molecule has 1 aliphatic rings. The van der Waals surface area contributed by atoms with E-state index in [2.05, 4.69) is 10.3 Å². The van der Waals surface area contributed by atoms with Crippen LogP contribution in [-0.4, -0.2) is 25.8 Å². The van der Waals surface area contributed by atoms with Gasteiger partial charge in [-0.1, -0.05) is 60.8 Å². The highest BCUT2D eigenvalue weighted by atomic mass is 32.1. The molecule has 8 nitrogen and oxygen atoms in total. The number of aromatic hydroxyl groups is 1. The van der Waals surface area contributed by atoms with Crippen LogP contribution in [0.15, 0.2) is 95.6 Å². The number of nitro groups is 1. The van der Waals surface area contributed by atoms with E-state index in [1.54, 1.807) is 60.7 Å². The maximum Gasteiger partial charge on any atom is 0.270 e. The van der Waals surface area contributed by atoms with E-state index in [4.69, 9.17) is 16.6 Å². The summed E-state index contributed by atoms with van der Waals surface area (Å²) in [6, 6.07) is 20.0. The number of non-ortho nitro benzene ring substituents is 1. The number of oxazole rings is 1. The quantitative estimate of drug-likeness (QED) is 0.174. The Morgan fingerprint density at radius 1 is 1.03 bits per heavy atom. The number of nitrogens with zero attached hydrogens (tertiary/aromatic N) is 2. The molecule has 0 fully saturated rings. The standard InChI is InChI=1S/C28H19N3O5S/c32-25-14-19(18-7-4-8-20(13-18)31(34)35)9-11-22(25)24-15-21(37)10-12-23(24)28-29-16-26(36-28)30-27(33)17-5-2-1-3-6-17/h1-9,11-16,32H,10H2,(H,30,33). The lowest BCUT2D eigenvalue weighted by Gasteiger charge is -2.17. The molecule has 0 saturated heterocycles. The Bertz CT molecular complexity index is 1610. The number of benzene rings is 3. The molecule has 0 atom stereocenters. The summed E-state index contributed by atoms with van der Waals surface area (Å²) in [5.41, 5.74) is 3.40. The normalized spacial score (nSPS) is 13.0. The van der Waals surface area contributed by atoms with E-state index in [9.17, 15) is 20.0 Å². The van der Waals surface area contributed by atoms with Crippen LogP contribution in [0.1, 0.15) is 28.2 Å². The van der Waals surface area contributed by atoms with Gasteiger partial charge in [0.1, 0.15) is 5.75 Å². The Labute approximate surface area is 216 Å². The molecule has 5 rings (SSSR count). The molecule has 1 aromatic heterocycles. The van der Waals surface area contributed by atoms with Crippen molar-refractivity contribution in [3.8, 4) is 16.9 Å².